The molecule has 0 saturated heterocycles. The highest BCUT2D eigenvalue weighted by Gasteiger charge is 2.57. The molecule has 98 valence electrons. The average molecular weight is 248 g/mol. The second-order valence-corrected chi connectivity index (χ2v) is 3.96. The molecule has 0 fully saturated rings. The topological polar surface area (TPSA) is 132 Å². The molecule has 4 N–H and O–H groups in total. The Labute approximate surface area is 97.7 Å². The van der Waals surface area contributed by atoms with Crippen LogP contribution in [0.25, 0.3) is 0 Å². The largest absolute Gasteiger partial charge is 0.390 e. The van der Waals surface area contributed by atoms with Gasteiger partial charge in [0.2, 0.25) is 5.60 Å². The lowest BCUT2D eigenvalue weighted by atomic mass is 9.77. The molecule has 0 saturated carbocycles. The Bertz CT molecular complexity index is 338. The minimum atomic E-state index is -2.95. The zero-order chi connectivity index (χ0) is 14.0. The predicted octanol–water partition coefficient (Wildman–Crippen LogP) is -2.43. The lowest BCUT2D eigenvalue weighted by Gasteiger charge is -2.38. The molecule has 7 heteroatoms. The van der Waals surface area contributed by atoms with Crippen LogP contribution in [-0.4, -0.2) is 61.7 Å². The summed E-state index contributed by atoms with van der Waals surface area (Å²) >= 11 is 0. The predicted molar refractivity (Wildman–Crippen MR) is 55.0 cm³/mol. The Morgan fingerprint density at radius 1 is 1.12 bits per heavy atom. The van der Waals surface area contributed by atoms with E-state index in [0.717, 1.165) is 20.8 Å². The number of aldehydes is 1. The summed E-state index contributed by atoms with van der Waals surface area (Å²) < 4.78 is 0. The smallest absolute Gasteiger partial charge is 0.207 e. The molecule has 4 atom stereocenters. The first-order valence-corrected chi connectivity index (χ1v) is 4.84. The van der Waals surface area contributed by atoms with Crippen molar-refractivity contribution in [2.24, 2.45) is 0 Å². The molecule has 7 nitrogen and oxygen atoms in total. The number of hydrogen-bond donors (Lipinski definition) is 4. The van der Waals surface area contributed by atoms with E-state index in [1.54, 1.807) is 0 Å². The second-order valence-electron chi connectivity index (χ2n) is 3.96. The molecule has 0 aliphatic rings. The molecule has 0 spiro atoms. The van der Waals surface area contributed by atoms with Gasteiger partial charge in [-0.3, -0.25) is 14.4 Å². The molecule has 0 rings (SSSR count). The van der Waals surface area contributed by atoms with Gasteiger partial charge in [0.25, 0.3) is 0 Å². The van der Waals surface area contributed by atoms with Crippen molar-refractivity contribution in [2.45, 2.75) is 44.2 Å². The fraction of sp³-hybridized carbons (Fsp3) is 0.700. The quantitative estimate of drug-likeness (QED) is 0.303. The summed E-state index contributed by atoms with van der Waals surface area (Å²) in [7, 11) is 0. The molecule has 0 aliphatic heterocycles. The van der Waals surface area contributed by atoms with Gasteiger partial charge in [0.15, 0.2) is 23.5 Å². The van der Waals surface area contributed by atoms with Gasteiger partial charge in [-0.2, -0.15) is 0 Å². The number of aliphatic hydroxyl groups excluding tert-OH is 2. The summed E-state index contributed by atoms with van der Waals surface area (Å²) in [6.07, 6.45) is -4.51. The number of rotatable bonds is 6. The maximum atomic E-state index is 11.2. The van der Waals surface area contributed by atoms with E-state index in [4.69, 9.17) is 0 Å². The summed E-state index contributed by atoms with van der Waals surface area (Å²) in [6.45, 7) is 2.64. The molecule has 0 heterocycles. The van der Waals surface area contributed by atoms with Crippen molar-refractivity contribution in [2.75, 3.05) is 0 Å². The van der Waals surface area contributed by atoms with E-state index in [9.17, 15) is 34.8 Å². The summed E-state index contributed by atoms with van der Waals surface area (Å²) in [5.41, 5.74) is -5.75. The van der Waals surface area contributed by atoms with Crippen LogP contribution in [0.5, 0.6) is 0 Å². The van der Waals surface area contributed by atoms with E-state index < -0.39 is 35.0 Å². The van der Waals surface area contributed by atoms with Crippen LogP contribution in [0.2, 0.25) is 0 Å². The van der Waals surface area contributed by atoms with Crippen molar-refractivity contribution < 1.29 is 34.8 Å². The SMILES string of the molecule is CC(=O)[C@@](O)([C@H](C)O)[C@@H](O)[C@](O)(C=O)C(C)=O. The molecule has 0 aromatic rings. The lowest BCUT2D eigenvalue weighted by molar-refractivity contribution is -0.201. The Balaban J connectivity index is 5.67. The van der Waals surface area contributed by atoms with Gasteiger partial charge in [0, 0.05) is 0 Å². The summed E-state index contributed by atoms with van der Waals surface area (Å²) in [4.78, 5) is 33.0. The van der Waals surface area contributed by atoms with Crippen molar-refractivity contribution in [1.29, 1.82) is 0 Å². The third-order valence-electron chi connectivity index (χ3n) is 2.78. The minimum Gasteiger partial charge on any atom is -0.390 e. The first kappa shape index (κ1) is 15.9. The van der Waals surface area contributed by atoms with Crippen LogP contribution in [0.1, 0.15) is 20.8 Å². The van der Waals surface area contributed by atoms with Crippen LogP contribution in [0.15, 0.2) is 0 Å². The van der Waals surface area contributed by atoms with Gasteiger partial charge in [0.1, 0.15) is 6.10 Å². The van der Waals surface area contributed by atoms with Crippen molar-refractivity contribution >= 4 is 17.9 Å². The van der Waals surface area contributed by atoms with Gasteiger partial charge >= 0.3 is 0 Å². The van der Waals surface area contributed by atoms with E-state index in [2.05, 4.69) is 0 Å². The van der Waals surface area contributed by atoms with E-state index in [1.807, 2.05) is 0 Å². The number of Topliss-reactive ketones (excluding diaryl/α,β-unsaturated/α-hetero) is 2. The number of hydrogen-bond acceptors (Lipinski definition) is 7. The van der Waals surface area contributed by atoms with Gasteiger partial charge in [0.05, 0.1) is 6.10 Å². The normalized spacial score (nSPS) is 21.8. The van der Waals surface area contributed by atoms with Gasteiger partial charge in [-0.25, -0.2) is 0 Å². The Morgan fingerprint density at radius 3 is 1.71 bits per heavy atom. The first-order valence-electron chi connectivity index (χ1n) is 4.84. The molecule has 0 radical (unpaired) electrons. The third-order valence-corrected chi connectivity index (χ3v) is 2.78. The standard InChI is InChI=1S/C10H16O7/c1-5(12)9(16,4-11)8(15)10(17,6(2)13)7(3)14/h4,6,8,13,15-17H,1-3H3/t6-,8-,9-,10-/m0/s1. The van der Waals surface area contributed by atoms with Crippen molar-refractivity contribution in [3.05, 3.63) is 0 Å². The molecule has 0 aliphatic carbocycles. The van der Waals surface area contributed by atoms with Crippen LogP contribution in [0, 0.1) is 0 Å². The minimum absolute atomic E-state index is 0.281. The summed E-state index contributed by atoms with van der Waals surface area (Å²) in [5.74, 6) is -2.23. The van der Waals surface area contributed by atoms with Crippen molar-refractivity contribution in [3.8, 4) is 0 Å². The molecule has 17 heavy (non-hydrogen) atoms. The van der Waals surface area contributed by atoms with Crippen molar-refractivity contribution in [1.82, 2.24) is 0 Å². The zero-order valence-electron chi connectivity index (χ0n) is 9.75. The number of carbonyl (C=O) groups is 3. The van der Waals surface area contributed by atoms with Crippen LogP contribution in [0.4, 0.5) is 0 Å². The Hall–Kier alpha value is -1.15. The average Bonchev–Trinajstić information content (AvgIpc) is 2.24. The van der Waals surface area contributed by atoms with Crippen LogP contribution in [0.3, 0.4) is 0 Å². The van der Waals surface area contributed by atoms with Crippen molar-refractivity contribution in [3.63, 3.8) is 0 Å². The Kier molecular flexibility index (Phi) is 4.67. The monoisotopic (exact) mass is 248 g/mol. The molecule has 0 aromatic carbocycles. The van der Waals surface area contributed by atoms with Crippen LogP contribution in [-0.2, 0) is 14.4 Å². The van der Waals surface area contributed by atoms with Gasteiger partial charge in [-0.1, -0.05) is 0 Å². The lowest BCUT2D eigenvalue weighted by Crippen LogP contribution is -2.67. The number of ketones is 2. The highest BCUT2D eigenvalue weighted by Crippen LogP contribution is 2.26. The zero-order valence-corrected chi connectivity index (χ0v) is 9.75. The molecule has 0 aromatic heterocycles. The highest BCUT2D eigenvalue weighted by molar-refractivity contribution is 6.02. The first-order chi connectivity index (χ1) is 7.55. The Morgan fingerprint density at radius 2 is 1.53 bits per heavy atom. The fourth-order valence-electron chi connectivity index (χ4n) is 1.39. The molecule has 0 bridgehead atoms. The van der Waals surface area contributed by atoms with Crippen LogP contribution < -0.4 is 0 Å². The molecular formula is C10H16O7. The highest BCUT2D eigenvalue weighted by atomic mass is 16.4. The number of aliphatic hydroxyl groups is 4. The maximum Gasteiger partial charge on any atom is 0.207 e. The molecular weight excluding hydrogens is 232 g/mol. The molecule has 0 amide bonds. The van der Waals surface area contributed by atoms with E-state index in [0.29, 0.717) is 0 Å². The maximum absolute atomic E-state index is 11.2. The summed E-state index contributed by atoms with van der Waals surface area (Å²) in [5, 5.41) is 38.4. The van der Waals surface area contributed by atoms with Gasteiger partial charge in [-0.05, 0) is 20.8 Å². The van der Waals surface area contributed by atoms with E-state index in [1.165, 1.54) is 0 Å². The van der Waals surface area contributed by atoms with E-state index >= 15 is 0 Å². The van der Waals surface area contributed by atoms with Crippen LogP contribution >= 0.6 is 0 Å². The van der Waals surface area contributed by atoms with Gasteiger partial charge < -0.3 is 20.4 Å². The number of carbonyl (C=O) groups excluding carboxylic acids is 3. The van der Waals surface area contributed by atoms with E-state index in [-0.39, 0.29) is 6.29 Å². The third kappa shape index (κ3) is 2.42. The molecule has 0 unspecified atom stereocenters. The summed E-state index contributed by atoms with van der Waals surface area (Å²) in [6, 6.07) is 0. The van der Waals surface area contributed by atoms with Gasteiger partial charge in [-0.15, -0.1) is 0 Å². The fourth-order valence-corrected chi connectivity index (χ4v) is 1.39. The second kappa shape index (κ2) is 5.01.